The Bertz CT molecular complexity index is 1410. The minimum absolute atomic E-state index is 0.0205. The smallest absolute Gasteiger partial charge is 0.416 e. The summed E-state index contributed by atoms with van der Waals surface area (Å²) in [6.07, 6.45) is -4.52. The number of aryl methyl sites for hydroxylation is 1. The number of carbonyl (C=O) groups is 1. The van der Waals surface area contributed by atoms with E-state index in [1.54, 1.807) is 6.92 Å². The second kappa shape index (κ2) is 12.5. The van der Waals surface area contributed by atoms with E-state index in [0.717, 1.165) is 33.8 Å². The molecule has 0 bridgehead atoms. The highest BCUT2D eigenvalue weighted by Crippen LogP contribution is 2.34. The Kier molecular flexibility index (Phi) is 9.23. The van der Waals surface area contributed by atoms with E-state index < -0.39 is 40.6 Å². The number of hydrogen-bond acceptors (Lipinski definition) is 5. The van der Waals surface area contributed by atoms with Gasteiger partial charge in [0.25, 0.3) is 0 Å². The van der Waals surface area contributed by atoms with Gasteiger partial charge in [-0.25, -0.2) is 4.39 Å². The molecule has 1 fully saturated rings. The molecular formula is C29H31F4N4O3S-. The zero-order valence-corrected chi connectivity index (χ0v) is 23.7. The van der Waals surface area contributed by atoms with Crippen molar-refractivity contribution in [3.05, 3.63) is 88.7 Å². The molecule has 0 spiro atoms. The van der Waals surface area contributed by atoms with Gasteiger partial charge in [0, 0.05) is 62.4 Å². The van der Waals surface area contributed by atoms with Crippen LogP contribution in [-0.2, 0) is 28.8 Å². The molecule has 0 aliphatic carbocycles. The number of carbonyl (C=O) groups excluding carboxylic acids is 1. The lowest BCUT2D eigenvalue weighted by molar-refractivity contribution is -0.137. The Morgan fingerprint density at radius 1 is 1.02 bits per heavy atom. The third-order valence-electron chi connectivity index (χ3n) is 7.31. The number of anilines is 3. The van der Waals surface area contributed by atoms with Crippen LogP contribution in [0.1, 0.15) is 35.1 Å². The van der Waals surface area contributed by atoms with E-state index in [0.29, 0.717) is 43.0 Å². The molecule has 1 aliphatic rings. The lowest BCUT2D eigenvalue weighted by atomic mass is 9.99. The van der Waals surface area contributed by atoms with Crippen LogP contribution in [-0.4, -0.2) is 47.9 Å². The molecule has 3 aromatic carbocycles. The molecule has 2 unspecified atom stereocenters. The van der Waals surface area contributed by atoms with Gasteiger partial charge in [0.2, 0.25) is 5.91 Å². The van der Waals surface area contributed by atoms with E-state index >= 15 is 0 Å². The Morgan fingerprint density at radius 2 is 1.66 bits per heavy atom. The monoisotopic (exact) mass is 591 g/mol. The van der Waals surface area contributed by atoms with Crippen molar-refractivity contribution < 1.29 is 31.1 Å². The van der Waals surface area contributed by atoms with Crippen LogP contribution in [0.2, 0.25) is 0 Å². The van der Waals surface area contributed by atoms with Crippen molar-refractivity contribution >= 4 is 34.2 Å². The van der Waals surface area contributed by atoms with Gasteiger partial charge in [-0.05, 0) is 61.4 Å². The standard InChI is InChI=1S/C29H32F4N4O3S/c1-19-4-9-24(10-5-19)36-12-14-37(15-13-36)27-17-23(29(31,32)33)8-6-22(27)18-34-28(38)20(2)21-7-11-26(25(30)16-21)35(3)41(39)40/h4-11,16-17,20H,12-15,18H2,1-3H3,(H,34,38)(H,39,40)/p-1. The van der Waals surface area contributed by atoms with Crippen molar-refractivity contribution in [3.63, 3.8) is 0 Å². The number of piperazine rings is 1. The van der Waals surface area contributed by atoms with Crippen molar-refractivity contribution in [2.45, 2.75) is 32.5 Å². The van der Waals surface area contributed by atoms with Crippen LogP contribution in [0.4, 0.5) is 34.6 Å². The van der Waals surface area contributed by atoms with Gasteiger partial charge in [0.05, 0.1) is 17.2 Å². The summed E-state index contributed by atoms with van der Waals surface area (Å²) in [5.74, 6) is -2.05. The summed E-state index contributed by atoms with van der Waals surface area (Å²) in [6, 6.07) is 15.4. The van der Waals surface area contributed by atoms with Crippen LogP contribution in [0.3, 0.4) is 0 Å². The molecule has 220 valence electrons. The molecule has 1 heterocycles. The number of hydrogen-bond donors (Lipinski definition) is 1. The van der Waals surface area contributed by atoms with Crippen LogP contribution >= 0.6 is 0 Å². The van der Waals surface area contributed by atoms with Gasteiger partial charge in [-0.15, -0.1) is 0 Å². The molecule has 0 saturated carbocycles. The summed E-state index contributed by atoms with van der Waals surface area (Å²) in [6.45, 7) is 5.80. The summed E-state index contributed by atoms with van der Waals surface area (Å²) >= 11 is -2.66. The van der Waals surface area contributed by atoms with Crippen LogP contribution < -0.4 is 19.4 Å². The first-order valence-corrected chi connectivity index (χ1v) is 14.0. The molecule has 3 aromatic rings. The molecule has 4 rings (SSSR count). The normalized spacial score (nSPS) is 15.4. The van der Waals surface area contributed by atoms with E-state index in [-0.39, 0.29) is 12.2 Å². The molecule has 41 heavy (non-hydrogen) atoms. The van der Waals surface area contributed by atoms with Crippen LogP contribution in [0, 0.1) is 12.7 Å². The number of nitrogens with one attached hydrogen (secondary N) is 1. The topological polar surface area (TPSA) is 79.0 Å². The number of benzene rings is 3. The fourth-order valence-corrected chi connectivity index (χ4v) is 5.07. The summed E-state index contributed by atoms with van der Waals surface area (Å²) in [5, 5.41) is 2.76. The van der Waals surface area contributed by atoms with Gasteiger partial charge < -0.3 is 24.0 Å². The average molecular weight is 592 g/mol. The second-order valence-corrected chi connectivity index (χ2v) is 11.0. The number of nitrogens with zero attached hydrogens (tertiary/aromatic N) is 3. The first-order valence-electron chi connectivity index (χ1n) is 13.0. The number of amides is 1. The SMILES string of the molecule is Cc1ccc(N2CCN(c3cc(C(F)(F)F)ccc3CNC(=O)C(C)c3ccc(N(C)S(=O)[O-])c(F)c3)CC2)cc1. The van der Waals surface area contributed by atoms with Gasteiger partial charge >= 0.3 is 6.18 Å². The third-order valence-corrected chi connectivity index (χ3v) is 7.96. The van der Waals surface area contributed by atoms with E-state index in [9.17, 15) is 31.1 Å². The molecule has 1 aliphatic heterocycles. The van der Waals surface area contributed by atoms with E-state index in [1.807, 2.05) is 36.1 Å². The van der Waals surface area contributed by atoms with Gasteiger partial charge in [0.1, 0.15) is 5.82 Å². The van der Waals surface area contributed by atoms with Crippen LogP contribution in [0.25, 0.3) is 0 Å². The highest BCUT2D eigenvalue weighted by molar-refractivity contribution is 7.80. The minimum Gasteiger partial charge on any atom is -0.755 e. The zero-order valence-electron chi connectivity index (χ0n) is 22.9. The first kappa shape index (κ1) is 30.3. The van der Waals surface area contributed by atoms with Crippen molar-refractivity contribution in [1.29, 1.82) is 0 Å². The largest absolute Gasteiger partial charge is 0.755 e. The highest BCUT2D eigenvalue weighted by atomic mass is 32.2. The van der Waals surface area contributed by atoms with Crippen molar-refractivity contribution in [1.82, 2.24) is 5.32 Å². The average Bonchev–Trinajstić information content (AvgIpc) is 2.95. The third kappa shape index (κ3) is 7.17. The first-order chi connectivity index (χ1) is 19.3. The van der Waals surface area contributed by atoms with Crippen LogP contribution in [0.5, 0.6) is 0 Å². The molecule has 1 amide bonds. The summed E-state index contributed by atoms with van der Waals surface area (Å²) in [5.41, 5.74) is 2.53. The lowest BCUT2D eigenvalue weighted by Crippen LogP contribution is -2.47. The van der Waals surface area contributed by atoms with E-state index in [1.165, 1.54) is 25.2 Å². The Labute approximate surface area is 239 Å². The van der Waals surface area contributed by atoms with Gasteiger partial charge in [-0.2, -0.15) is 13.2 Å². The lowest BCUT2D eigenvalue weighted by Gasteiger charge is -2.38. The summed E-state index contributed by atoms with van der Waals surface area (Å²) < 4.78 is 78.3. The van der Waals surface area contributed by atoms with E-state index in [4.69, 9.17) is 0 Å². The van der Waals surface area contributed by atoms with Crippen LogP contribution in [0.15, 0.2) is 60.7 Å². The van der Waals surface area contributed by atoms with E-state index in [2.05, 4.69) is 10.2 Å². The molecule has 0 aromatic heterocycles. The Morgan fingerprint density at radius 3 is 2.24 bits per heavy atom. The van der Waals surface area contributed by atoms with Crippen molar-refractivity contribution in [2.24, 2.45) is 0 Å². The molecule has 1 N–H and O–H groups in total. The molecule has 1 saturated heterocycles. The molecule has 0 radical (unpaired) electrons. The Balaban J connectivity index is 1.48. The maximum Gasteiger partial charge on any atom is 0.416 e. The molecule has 7 nitrogen and oxygen atoms in total. The molecule has 2 atom stereocenters. The maximum atomic E-state index is 14.5. The van der Waals surface area contributed by atoms with Gasteiger partial charge in [-0.1, -0.05) is 29.8 Å². The predicted molar refractivity (Wildman–Crippen MR) is 151 cm³/mol. The predicted octanol–water partition coefficient (Wildman–Crippen LogP) is 5.13. The number of halogens is 4. The maximum absolute atomic E-state index is 14.5. The molecular weight excluding hydrogens is 560 g/mol. The summed E-state index contributed by atoms with van der Waals surface area (Å²) in [4.78, 5) is 17.0. The van der Waals surface area contributed by atoms with Crippen molar-refractivity contribution in [3.8, 4) is 0 Å². The number of alkyl halides is 3. The fraction of sp³-hybridized carbons (Fsp3) is 0.345. The highest BCUT2D eigenvalue weighted by Gasteiger charge is 2.32. The molecule has 12 heteroatoms. The van der Waals surface area contributed by atoms with Crippen molar-refractivity contribution in [2.75, 3.05) is 47.3 Å². The quantitative estimate of drug-likeness (QED) is 0.290. The summed E-state index contributed by atoms with van der Waals surface area (Å²) in [7, 11) is 1.20. The minimum atomic E-state index is -4.52. The Hall–Kier alpha value is -3.64. The fourth-order valence-electron chi connectivity index (χ4n) is 4.76. The second-order valence-electron chi connectivity index (χ2n) is 10.0. The van der Waals surface area contributed by atoms with Gasteiger partial charge in [-0.3, -0.25) is 9.00 Å². The zero-order chi connectivity index (χ0) is 29.9. The number of rotatable bonds is 8. The van der Waals surface area contributed by atoms with Gasteiger partial charge in [0.15, 0.2) is 0 Å².